The van der Waals surface area contributed by atoms with Crippen molar-refractivity contribution in [2.45, 2.75) is 76.6 Å². The molecule has 0 N–H and O–H groups in total. The van der Waals surface area contributed by atoms with Gasteiger partial charge in [-0.25, -0.2) is 32.3 Å². The third kappa shape index (κ3) is 8.80. The molecule has 0 saturated heterocycles. The summed E-state index contributed by atoms with van der Waals surface area (Å²) in [4.78, 5) is 54.9. The van der Waals surface area contributed by atoms with Gasteiger partial charge in [-0.3, -0.25) is 24.1 Å². The highest BCUT2D eigenvalue weighted by Crippen LogP contribution is 2.57. The summed E-state index contributed by atoms with van der Waals surface area (Å²) in [5.74, 6) is -2.32. The molecule has 2 aliphatic heterocycles. The molecule has 4 amide bonds. The van der Waals surface area contributed by atoms with E-state index < -0.39 is 69.2 Å². The summed E-state index contributed by atoms with van der Waals surface area (Å²) in [7, 11) is 5.02. The van der Waals surface area contributed by atoms with E-state index in [1.165, 1.54) is 12.1 Å². The molecule has 0 fully saturated rings. The lowest BCUT2D eigenvalue weighted by Gasteiger charge is -2.38. The molecule has 0 spiro atoms. The number of amides is 4. The van der Waals surface area contributed by atoms with Crippen molar-refractivity contribution in [2.75, 3.05) is 11.9 Å². The highest BCUT2D eigenvalue weighted by Gasteiger charge is 2.73. The highest BCUT2D eigenvalue weighted by molar-refractivity contribution is 6.34. The van der Waals surface area contributed by atoms with Crippen LogP contribution in [-0.2, 0) is 45.7 Å². The van der Waals surface area contributed by atoms with Crippen molar-refractivity contribution in [3.05, 3.63) is 186 Å². The minimum absolute atomic E-state index is 0.0321. The second kappa shape index (κ2) is 19.1. The number of unbranched alkanes of at least 4 members (excludes halogenated alkanes) is 2. The molecular weight excluding hydrogens is 979 g/mol. The van der Waals surface area contributed by atoms with Gasteiger partial charge in [0.05, 0.1) is 68.2 Å². The lowest BCUT2D eigenvalue weighted by Crippen LogP contribution is -2.55. The first-order chi connectivity index (χ1) is 35.8. The van der Waals surface area contributed by atoms with Gasteiger partial charge in [-0.05, 0) is 104 Å². The molecule has 0 saturated carbocycles. The van der Waals surface area contributed by atoms with Crippen molar-refractivity contribution in [2.24, 2.45) is 14.1 Å². The van der Waals surface area contributed by atoms with Gasteiger partial charge in [0.2, 0.25) is 18.1 Å². The van der Waals surface area contributed by atoms with Gasteiger partial charge in [0.25, 0.3) is 23.6 Å². The standard InChI is InChI=1S/C55H52F6N10O4/c1-37-9-13-40(14-10-37)69-31-29-67(23-7-5-21-65-27-25-62(2)35-65)47(69)48-68(24-8-6-22-66-28-26-63(3)36-66)30-32-70(48)41-15-17-42(18-16-41)71-51(74)44-20-12-39(34-46(44)52(71)75)53(54(56,57)58,55(59,60)61)38-11-19-43-45(33-38)50(73)64(4)49(43)72/h9-20,25-36H,5-8,21-24H2,1-4H3/q+4. The van der Waals surface area contributed by atoms with Gasteiger partial charge in [0, 0.05) is 7.05 Å². The molecule has 0 unspecified atom stereocenters. The smallest absolute Gasteiger partial charge is 0.277 e. The summed E-state index contributed by atoms with van der Waals surface area (Å²) in [5, 5.41) is 0. The highest BCUT2D eigenvalue weighted by atomic mass is 19.4. The van der Waals surface area contributed by atoms with E-state index in [4.69, 9.17) is 0 Å². The number of fused-ring (bicyclic) bond motifs is 2. The van der Waals surface area contributed by atoms with Crippen LogP contribution in [0.25, 0.3) is 23.0 Å². The van der Waals surface area contributed by atoms with E-state index in [-0.39, 0.29) is 11.3 Å². The van der Waals surface area contributed by atoms with Gasteiger partial charge < -0.3 is 0 Å². The predicted molar refractivity (Wildman–Crippen MR) is 259 cm³/mol. The van der Waals surface area contributed by atoms with Crippen LogP contribution in [0, 0.1) is 6.92 Å². The number of anilines is 1. The summed E-state index contributed by atoms with van der Waals surface area (Å²) < 4.78 is 109. The maximum absolute atomic E-state index is 15.4. The lowest BCUT2D eigenvalue weighted by atomic mass is 9.71. The van der Waals surface area contributed by atoms with E-state index in [1.807, 2.05) is 90.8 Å². The Balaban J connectivity index is 1.00. The zero-order valence-electron chi connectivity index (χ0n) is 41.4. The monoisotopic (exact) mass is 1030 g/mol. The molecule has 20 heteroatoms. The Bertz CT molecular complexity index is 3520. The number of hydrogen-bond acceptors (Lipinski definition) is 4. The maximum Gasteiger partial charge on any atom is 0.411 e. The largest absolute Gasteiger partial charge is 0.411 e. The summed E-state index contributed by atoms with van der Waals surface area (Å²) in [6.45, 7) is 5.03. The molecule has 0 radical (unpaired) electrons. The Kier molecular flexibility index (Phi) is 12.8. The van der Waals surface area contributed by atoms with Crippen molar-refractivity contribution in [1.82, 2.24) is 23.2 Å². The number of alkyl halides is 6. The molecule has 0 atom stereocenters. The van der Waals surface area contributed by atoms with Crippen molar-refractivity contribution >= 4 is 29.3 Å². The fourth-order valence-corrected chi connectivity index (χ4v) is 10.3. The molecule has 4 aromatic heterocycles. The van der Waals surface area contributed by atoms with Gasteiger partial charge in [0.1, 0.15) is 60.9 Å². The number of aromatic nitrogens is 8. The summed E-state index contributed by atoms with van der Waals surface area (Å²) in [5.41, 5.74) is -6.92. The normalized spacial score (nSPS) is 13.9. The van der Waals surface area contributed by atoms with E-state index in [9.17, 15) is 19.2 Å². The molecule has 2 aliphatic rings. The number of aryl methyl sites for hydroxylation is 7. The fraction of sp³-hybridized carbons (Fsp3) is 0.273. The molecule has 4 aromatic carbocycles. The third-order valence-electron chi connectivity index (χ3n) is 14.2. The second-order valence-corrected chi connectivity index (χ2v) is 19.2. The quantitative estimate of drug-likeness (QED) is 0.0433. The molecule has 10 rings (SSSR count). The maximum atomic E-state index is 15.4. The molecule has 14 nitrogen and oxygen atoms in total. The molecule has 6 heterocycles. The minimum atomic E-state index is -6.09. The number of imidazole rings is 4. The number of carbonyl (C=O) groups excluding carboxylic acids is 4. The fourth-order valence-electron chi connectivity index (χ4n) is 10.3. The molecule has 75 heavy (non-hydrogen) atoms. The van der Waals surface area contributed by atoms with E-state index in [2.05, 4.69) is 53.3 Å². The van der Waals surface area contributed by atoms with Crippen molar-refractivity contribution < 1.29 is 63.8 Å². The number of carbonyl (C=O) groups is 4. The summed E-state index contributed by atoms with van der Waals surface area (Å²) in [6.07, 6.45) is 11.5. The van der Waals surface area contributed by atoms with Crippen LogP contribution in [0.3, 0.4) is 0 Å². The number of halogens is 6. The van der Waals surface area contributed by atoms with Crippen molar-refractivity contribution in [3.63, 3.8) is 0 Å². The Morgan fingerprint density at radius 2 is 0.893 bits per heavy atom. The Hall–Kier alpha value is -8.42. The average Bonchev–Trinajstić information content (AvgIpc) is 4.26. The van der Waals surface area contributed by atoms with E-state index in [0.717, 1.165) is 85.8 Å². The first-order valence-electron chi connectivity index (χ1n) is 24.3. The number of imide groups is 2. The topological polar surface area (TPSA) is 110 Å². The molecule has 0 aliphatic carbocycles. The Morgan fingerprint density at radius 3 is 1.35 bits per heavy atom. The Labute approximate surface area is 426 Å². The minimum Gasteiger partial charge on any atom is -0.277 e. The number of benzene rings is 4. The zero-order valence-corrected chi connectivity index (χ0v) is 41.4. The molecular formula is C55H52F6N10O4+4. The van der Waals surface area contributed by atoms with Crippen LogP contribution in [0.5, 0.6) is 0 Å². The van der Waals surface area contributed by atoms with E-state index in [0.29, 0.717) is 47.9 Å². The van der Waals surface area contributed by atoms with E-state index >= 15 is 26.3 Å². The Morgan fingerprint density at radius 1 is 0.480 bits per heavy atom. The average molecular weight is 1030 g/mol. The van der Waals surface area contributed by atoms with Crippen LogP contribution in [0.15, 0.2) is 147 Å². The molecule has 0 bridgehead atoms. The van der Waals surface area contributed by atoms with Gasteiger partial charge in [-0.1, -0.05) is 29.8 Å². The number of nitrogens with zero attached hydrogens (tertiary/aromatic N) is 10. The van der Waals surface area contributed by atoms with Gasteiger partial charge >= 0.3 is 24.0 Å². The van der Waals surface area contributed by atoms with Crippen LogP contribution in [0.1, 0.15) is 83.8 Å². The van der Waals surface area contributed by atoms with Crippen LogP contribution in [-0.4, -0.2) is 66.2 Å². The van der Waals surface area contributed by atoms with Crippen molar-refractivity contribution in [3.8, 4) is 23.0 Å². The van der Waals surface area contributed by atoms with E-state index in [1.54, 1.807) is 12.1 Å². The van der Waals surface area contributed by atoms with Crippen LogP contribution in [0.4, 0.5) is 32.0 Å². The van der Waals surface area contributed by atoms with Gasteiger partial charge in [-0.15, -0.1) is 0 Å². The van der Waals surface area contributed by atoms with Crippen LogP contribution < -0.4 is 23.2 Å². The third-order valence-corrected chi connectivity index (χ3v) is 14.2. The van der Waals surface area contributed by atoms with Gasteiger partial charge in [0.15, 0.2) is 0 Å². The predicted octanol–water partition coefficient (Wildman–Crippen LogP) is 7.47. The van der Waals surface area contributed by atoms with Crippen LogP contribution >= 0.6 is 0 Å². The second-order valence-electron chi connectivity index (χ2n) is 19.2. The number of rotatable bonds is 16. The summed E-state index contributed by atoms with van der Waals surface area (Å²) >= 11 is 0. The summed E-state index contributed by atoms with van der Waals surface area (Å²) in [6, 6.07) is 18.1. The van der Waals surface area contributed by atoms with Crippen molar-refractivity contribution in [1.29, 1.82) is 0 Å². The van der Waals surface area contributed by atoms with Gasteiger partial charge in [-0.2, -0.15) is 35.5 Å². The number of hydrogen-bond donors (Lipinski definition) is 0. The molecule has 384 valence electrons. The first kappa shape index (κ1) is 50.1. The van der Waals surface area contributed by atoms with Crippen LogP contribution in [0.2, 0.25) is 0 Å². The zero-order chi connectivity index (χ0) is 53.1. The first-order valence-corrected chi connectivity index (χ1v) is 24.3. The lowest BCUT2D eigenvalue weighted by molar-refractivity contribution is -0.715. The molecule has 8 aromatic rings. The SMILES string of the molecule is Cc1ccc(-n2cc[n+](CCCCn3cc[n+](C)c3)c2-c2n(-c3ccc(N4C(=O)c5ccc(C(c6ccc7c(c6)C(=O)N(C)C7=O)(C(F)(F)F)C(F)(F)F)cc5C4=O)cc3)cc[n+]2CCCCn2cc[n+](C)c2)cc1.